The van der Waals surface area contributed by atoms with E-state index in [0.29, 0.717) is 6.04 Å². The maximum absolute atomic E-state index is 2.42. The van der Waals surface area contributed by atoms with Gasteiger partial charge in [-0.25, -0.2) is 0 Å². The molecule has 1 nitrogen and oxygen atoms in total. The summed E-state index contributed by atoms with van der Waals surface area (Å²) >= 11 is 1.86. The lowest BCUT2D eigenvalue weighted by Crippen LogP contribution is -2.55. The van der Waals surface area contributed by atoms with Crippen LogP contribution in [0.25, 0.3) is 11.8 Å². The first-order chi connectivity index (χ1) is 9.66. The second kappa shape index (κ2) is 5.19. The summed E-state index contributed by atoms with van der Waals surface area (Å²) in [6, 6.07) is 13.8. The maximum atomic E-state index is 2.42. The molecule has 0 amide bonds. The van der Waals surface area contributed by atoms with Crippen LogP contribution in [0.15, 0.2) is 41.8 Å². The molecule has 0 N–H and O–H groups in total. The predicted molar refractivity (Wildman–Crippen MR) is 87.8 cm³/mol. The summed E-state index contributed by atoms with van der Waals surface area (Å²) in [5.41, 5.74) is 2.85. The molecule has 0 saturated carbocycles. The third kappa shape index (κ3) is 2.04. The molecule has 2 aromatic rings. The summed E-state index contributed by atoms with van der Waals surface area (Å²) < 4.78 is 2.44. The number of nitrogens with zero attached hydrogens (tertiary/aromatic N) is 1. The number of thiophene rings is 1. The Bertz CT molecular complexity index is 713. The number of quaternary nitrogens is 1. The molecule has 104 valence electrons. The van der Waals surface area contributed by atoms with Gasteiger partial charge < -0.3 is 0 Å². The Morgan fingerprint density at radius 3 is 2.65 bits per heavy atom. The topological polar surface area (TPSA) is 0 Å². The second-order valence-corrected chi connectivity index (χ2v) is 6.77. The molecule has 2 heteroatoms. The van der Waals surface area contributed by atoms with Gasteiger partial charge in [0, 0.05) is 10.1 Å². The third-order valence-corrected chi connectivity index (χ3v) is 5.64. The van der Waals surface area contributed by atoms with Crippen molar-refractivity contribution in [1.29, 1.82) is 0 Å². The zero-order valence-corrected chi connectivity index (χ0v) is 13.3. The van der Waals surface area contributed by atoms with E-state index in [-0.39, 0.29) is 0 Å². The lowest BCUT2D eigenvalue weighted by atomic mass is 10.0. The number of hydrogen-bond donors (Lipinski definition) is 0. The summed E-state index contributed by atoms with van der Waals surface area (Å²) in [5.74, 6) is 0. The van der Waals surface area contributed by atoms with Gasteiger partial charge in [0.25, 0.3) is 0 Å². The maximum Gasteiger partial charge on any atom is 0.149 e. The lowest BCUT2D eigenvalue weighted by Gasteiger charge is -2.41. The molecule has 1 aromatic heterocycles. The van der Waals surface area contributed by atoms with Crippen molar-refractivity contribution in [3.05, 3.63) is 57.1 Å². The Labute approximate surface area is 125 Å². The second-order valence-electron chi connectivity index (χ2n) is 5.82. The fraction of sp³-hybridized carbons (Fsp3) is 0.333. The third-order valence-electron chi connectivity index (χ3n) is 4.73. The smallest absolute Gasteiger partial charge is 0.149 e. The van der Waals surface area contributed by atoms with Crippen LogP contribution in [-0.4, -0.2) is 24.1 Å². The lowest BCUT2D eigenvalue weighted by molar-refractivity contribution is -0.856. The molecule has 2 atom stereocenters. The molecule has 0 aliphatic carbocycles. The van der Waals surface area contributed by atoms with E-state index in [0.717, 1.165) is 11.0 Å². The Balaban J connectivity index is 2.32. The van der Waals surface area contributed by atoms with Crippen LogP contribution in [0, 0.1) is 0 Å². The van der Waals surface area contributed by atoms with Crippen LogP contribution in [0.5, 0.6) is 0 Å². The molecular weight excluding hydrogens is 262 g/mol. The highest BCUT2D eigenvalue weighted by molar-refractivity contribution is 7.07. The van der Waals surface area contributed by atoms with Crippen LogP contribution in [0.1, 0.15) is 25.8 Å². The average molecular weight is 284 g/mol. The minimum Gasteiger partial charge on any atom is -0.287 e. The first kappa shape index (κ1) is 13.6. The molecule has 3 rings (SSSR count). The summed E-state index contributed by atoms with van der Waals surface area (Å²) in [5, 5.41) is 3.64. The van der Waals surface area contributed by atoms with Gasteiger partial charge in [0.15, 0.2) is 0 Å². The Kier molecular flexibility index (Phi) is 3.53. The van der Waals surface area contributed by atoms with Crippen molar-refractivity contribution in [3.63, 3.8) is 0 Å². The van der Waals surface area contributed by atoms with E-state index in [1.807, 2.05) is 11.3 Å². The molecule has 0 radical (unpaired) electrons. The minimum atomic E-state index is 0.620. The van der Waals surface area contributed by atoms with Crippen molar-refractivity contribution < 1.29 is 4.48 Å². The summed E-state index contributed by atoms with van der Waals surface area (Å²) in [6.45, 7) is 5.75. The van der Waals surface area contributed by atoms with Crippen LogP contribution < -0.4 is 9.75 Å². The molecule has 1 aliphatic rings. The van der Waals surface area contributed by atoms with E-state index in [1.54, 1.807) is 0 Å². The van der Waals surface area contributed by atoms with E-state index in [9.17, 15) is 0 Å². The van der Waals surface area contributed by atoms with E-state index in [4.69, 9.17) is 0 Å². The average Bonchev–Trinajstić information content (AvgIpc) is 2.95. The molecule has 0 fully saturated rings. The van der Waals surface area contributed by atoms with E-state index < -0.39 is 0 Å². The number of fused-ring (bicyclic) bond motifs is 1. The highest BCUT2D eigenvalue weighted by Gasteiger charge is 2.35. The van der Waals surface area contributed by atoms with E-state index in [2.05, 4.69) is 68.7 Å². The molecule has 20 heavy (non-hydrogen) atoms. The van der Waals surface area contributed by atoms with Crippen LogP contribution in [-0.2, 0) is 0 Å². The van der Waals surface area contributed by atoms with Gasteiger partial charge in [-0.05, 0) is 43.0 Å². The van der Waals surface area contributed by atoms with Crippen LogP contribution in [0.4, 0.5) is 0 Å². The standard InChI is InChI=1S/C18H22NS/c1-4-14(2)19(3)12-10-17-16(11-13-20-17)18(19)15-8-6-5-7-9-15/h5-11,13-14H,4,12H2,1-3H3/q+1. The van der Waals surface area contributed by atoms with Gasteiger partial charge >= 0.3 is 0 Å². The van der Waals surface area contributed by atoms with Crippen molar-refractivity contribution in [1.82, 2.24) is 0 Å². The molecule has 2 heterocycles. The summed E-state index contributed by atoms with van der Waals surface area (Å²) in [6.07, 6.45) is 3.61. The van der Waals surface area contributed by atoms with Crippen molar-refractivity contribution in [2.24, 2.45) is 0 Å². The van der Waals surface area contributed by atoms with Crippen molar-refractivity contribution in [2.75, 3.05) is 13.6 Å². The van der Waals surface area contributed by atoms with Gasteiger partial charge in [-0.2, -0.15) is 0 Å². The van der Waals surface area contributed by atoms with Crippen LogP contribution >= 0.6 is 11.3 Å². The highest BCUT2D eigenvalue weighted by Crippen LogP contribution is 2.29. The monoisotopic (exact) mass is 284 g/mol. The predicted octanol–water partition coefficient (Wildman–Crippen LogP) is 2.94. The Hall–Kier alpha value is -1.38. The number of hydrogen-bond acceptors (Lipinski definition) is 1. The molecule has 2 unspecified atom stereocenters. The molecule has 0 saturated heterocycles. The normalized spacial score (nSPS) is 23.1. The quantitative estimate of drug-likeness (QED) is 0.760. The highest BCUT2D eigenvalue weighted by atomic mass is 32.1. The fourth-order valence-corrected chi connectivity index (χ4v) is 3.98. The molecule has 0 spiro atoms. The Morgan fingerprint density at radius 1 is 1.20 bits per heavy atom. The number of benzene rings is 1. The van der Waals surface area contributed by atoms with Crippen LogP contribution in [0.3, 0.4) is 0 Å². The Morgan fingerprint density at radius 2 is 1.95 bits per heavy atom. The molecule has 1 aromatic carbocycles. The fourth-order valence-electron chi connectivity index (χ4n) is 3.16. The molecular formula is C18H22NS+. The summed E-state index contributed by atoms with van der Waals surface area (Å²) in [7, 11) is 2.38. The van der Waals surface area contributed by atoms with Crippen LogP contribution in [0.2, 0.25) is 0 Å². The zero-order chi connectivity index (χ0) is 14.2. The number of rotatable bonds is 3. The van der Waals surface area contributed by atoms with E-state index in [1.165, 1.54) is 27.4 Å². The van der Waals surface area contributed by atoms with Crippen molar-refractivity contribution in [3.8, 4) is 0 Å². The van der Waals surface area contributed by atoms with Gasteiger partial charge in [0.05, 0.1) is 18.3 Å². The van der Waals surface area contributed by atoms with Gasteiger partial charge in [-0.3, -0.25) is 4.48 Å². The first-order valence-electron chi connectivity index (χ1n) is 7.36. The minimum absolute atomic E-state index is 0.620. The largest absolute Gasteiger partial charge is 0.287 e. The first-order valence-corrected chi connectivity index (χ1v) is 8.24. The van der Waals surface area contributed by atoms with Gasteiger partial charge in [0.1, 0.15) is 12.2 Å². The molecule has 0 bridgehead atoms. The SMILES string of the molecule is CCC(C)[N+]1(C)CC=c2sccc2=C1c1ccccc1. The zero-order valence-electron chi connectivity index (χ0n) is 12.5. The summed E-state index contributed by atoms with van der Waals surface area (Å²) in [4.78, 5) is 0. The van der Waals surface area contributed by atoms with Gasteiger partial charge in [0.2, 0.25) is 0 Å². The van der Waals surface area contributed by atoms with Crippen molar-refractivity contribution >= 4 is 23.1 Å². The van der Waals surface area contributed by atoms with Crippen molar-refractivity contribution in [2.45, 2.75) is 26.3 Å². The molecule has 1 aliphatic heterocycles. The van der Waals surface area contributed by atoms with Gasteiger partial charge in [-0.1, -0.05) is 25.1 Å². The van der Waals surface area contributed by atoms with Gasteiger partial charge in [-0.15, -0.1) is 11.3 Å². The van der Waals surface area contributed by atoms with E-state index >= 15 is 0 Å².